The van der Waals surface area contributed by atoms with E-state index in [1.807, 2.05) is 25.1 Å². The van der Waals surface area contributed by atoms with Gasteiger partial charge in [0.2, 0.25) is 0 Å². The SMILES string of the molecule is CCNC(=NCCc1ccccn1)NCCNc1ccccc1[N+](=O)[O-]. The summed E-state index contributed by atoms with van der Waals surface area (Å²) in [4.78, 5) is 19.4. The highest BCUT2D eigenvalue weighted by molar-refractivity contribution is 5.79. The van der Waals surface area contributed by atoms with Crippen molar-refractivity contribution < 1.29 is 4.92 Å². The molecule has 0 saturated carbocycles. The zero-order valence-corrected chi connectivity index (χ0v) is 14.8. The maximum Gasteiger partial charge on any atom is 0.292 e. The molecule has 0 aliphatic heterocycles. The van der Waals surface area contributed by atoms with E-state index in [1.165, 1.54) is 6.07 Å². The Balaban J connectivity index is 1.79. The minimum atomic E-state index is -0.390. The lowest BCUT2D eigenvalue weighted by molar-refractivity contribution is -0.384. The lowest BCUT2D eigenvalue weighted by atomic mass is 10.2. The van der Waals surface area contributed by atoms with E-state index in [2.05, 4.69) is 25.9 Å². The fraction of sp³-hybridized carbons (Fsp3) is 0.333. The molecule has 0 radical (unpaired) electrons. The van der Waals surface area contributed by atoms with Gasteiger partial charge in [0.1, 0.15) is 5.69 Å². The highest BCUT2D eigenvalue weighted by Gasteiger charge is 2.11. The first kappa shape index (κ1) is 19.2. The van der Waals surface area contributed by atoms with Crippen LogP contribution in [0.4, 0.5) is 11.4 Å². The number of nitrogens with zero attached hydrogens (tertiary/aromatic N) is 3. The van der Waals surface area contributed by atoms with Crippen molar-refractivity contribution in [2.24, 2.45) is 4.99 Å². The number of hydrogen-bond donors (Lipinski definition) is 3. The van der Waals surface area contributed by atoms with Crippen molar-refractivity contribution in [2.45, 2.75) is 13.3 Å². The van der Waals surface area contributed by atoms with Gasteiger partial charge in [0.05, 0.1) is 4.92 Å². The van der Waals surface area contributed by atoms with E-state index in [9.17, 15) is 10.1 Å². The quantitative estimate of drug-likeness (QED) is 0.209. The van der Waals surface area contributed by atoms with Gasteiger partial charge in [0.25, 0.3) is 5.69 Å². The zero-order valence-electron chi connectivity index (χ0n) is 14.8. The molecular weight excluding hydrogens is 332 g/mol. The van der Waals surface area contributed by atoms with Crippen LogP contribution < -0.4 is 16.0 Å². The summed E-state index contributed by atoms with van der Waals surface area (Å²) in [5.41, 5.74) is 1.59. The molecule has 1 aromatic carbocycles. The van der Waals surface area contributed by atoms with Crippen molar-refractivity contribution in [1.29, 1.82) is 0 Å². The van der Waals surface area contributed by atoms with Crippen LogP contribution in [0.3, 0.4) is 0 Å². The van der Waals surface area contributed by atoms with Crippen LogP contribution in [-0.2, 0) is 6.42 Å². The van der Waals surface area contributed by atoms with Gasteiger partial charge in [0, 0.05) is 50.6 Å². The van der Waals surface area contributed by atoms with Crippen LogP contribution in [-0.4, -0.2) is 42.0 Å². The Morgan fingerprint density at radius 2 is 1.96 bits per heavy atom. The lowest BCUT2D eigenvalue weighted by Crippen LogP contribution is -2.39. The molecular formula is C18H24N6O2. The topological polar surface area (TPSA) is 104 Å². The highest BCUT2D eigenvalue weighted by Crippen LogP contribution is 2.22. The summed E-state index contributed by atoms with van der Waals surface area (Å²) in [5, 5.41) is 20.5. The number of nitrogens with one attached hydrogen (secondary N) is 3. The molecule has 0 aliphatic carbocycles. The van der Waals surface area contributed by atoms with Crippen LogP contribution in [0.15, 0.2) is 53.7 Å². The third-order valence-electron chi connectivity index (χ3n) is 3.54. The minimum Gasteiger partial charge on any atom is -0.378 e. The average Bonchev–Trinajstić information content (AvgIpc) is 2.66. The van der Waals surface area contributed by atoms with Crippen LogP contribution >= 0.6 is 0 Å². The molecule has 1 heterocycles. The first-order valence-corrected chi connectivity index (χ1v) is 8.60. The van der Waals surface area contributed by atoms with Crippen LogP contribution in [0.5, 0.6) is 0 Å². The Morgan fingerprint density at radius 3 is 2.69 bits per heavy atom. The molecule has 0 aliphatic rings. The monoisotopic (exact) mass is 356 g/mol. The normalized spacial score (nSPS) is 11.0. The summed E-state index contributed by atoms with van der Waals surface area (Å²) in [6.07, 6.45) is 2.54. The second-order valence-electron chi connectivity index (χ2n) is 5.46. The molecule has 2 aromatic rings. The second-order valence-corrected chi connectivity index (χ2v) is 5.46. The predicted octanol–water partition coefficient (Wildman–Crippen LogP) is 2.20. The van der Waals surface area contributed by atoms with Gasteiger partial charge in [-0.2, -0.15) is 0 Å². The van der Waals surface area contributed by atoms with Gasteiger partial charge in [0.15, 0.2) is 5.96 Å². The van der Waals surface area contributed by atoms with Crippen molar-refractivity contribution in [3.8, 4) is 0 Å². The van der Waals surface area contributed by atoms with E-state index in [0.29, 0.717) is 31.3 Å². The molecule has 0 saturated heterocycles. The number of nitro groups is 1. The number of anilines is 1. The van der Waals surface area contributed by atoms with Crippen LogP contribution in [0, 0.1) is 10.1 Å². The Kier molecular flexibility index (Phi) is 7.85. The minimum absolute atomic E-state index is 0.0726. The molecule has 1 aromatic heterocycles. The molecule has 0 fully saturated rings. The number of nitro benzene ring substituents is 1. The third kappa shape index (κ3) is 6.39. The van der Waals surface area contributed by atoms with Gasteiger partial charge in [-0.15, -0.1) is 0 Å². The maximum atomic E-state index is 11.0. The summed E-state index contributed by atoms with van der Waals surface area (Å²) in [7, 11) is 0. The van der Waals surface area contributed by atoms with Crippen LogP contribution in [0.2, 0.25) is 0 Å². The molecule has 0 amide bonds. The molecule has 138 valence electrons. The van der Waals surface area contributed by atoms with Gasteiger partial charge in [-0.1, -0.05) is 18.2 Å². The summed E-state index contributed by atoms with van der Waals surface area (Å²) >= 11 is 0. The van der Waals surface area contributed by atoms with Gasteiger partial charge in [-0.3, -0.25) is 20.1 Å². The molecule has 3 N–H and O–H groups in total. The van der Waals surface area contributed by atoms with Crippen molar-refractivity contribution in [3.05, 3.63) is 64.5 Å². The summed E-state index contributed by atoms with van der Waals surface area (Å²) in [6, 6.07) is 12.4. The van der Waals surface area contributed by atoms with Crippen LogP contribution in [0.1, 0.15) is 12.6 Å². The van der Waals surface area contributed by atoms with Crippen LogP contribution in [0.25, 0.3) is 0 Å². The van der Waals surface area contributed by atoms with E-state index >= 15 is 0 Å². The average molecular weight is 356 g/mol. The van der Waals surface area contributed by atoms with Gasteiger partial charge >= 0.3 is 0 Å². The number of guanidine groups is 1. The number of benzene rings is 1. The first-order chi connectivity index (χ1) is 12.7. The van der Waals surface area contributed by atoms with E-state index in [1.54, 1.807) is 24.4 Å². The standard InChI is InChI=1S/C18H24N6O2/c1-2-19-18(22-12-10-15-7-5-6-11-20-15)23-14-13-21-16-8-3-4-9-17(16)24(25)26/h3-9,11,21H,2,10,12-14H2,1H3,(H2,19,22,23). The fourth-order valence-corrected chi connectivity index (χ4v) is 2.33. The molecule has 0 bridgehead atoms. The number of para-hydroxylation sites is 2. The number of aromatic nitrogens is 1. The van der Waals surface area contributed by atoms with Crippen molar-refractivity contribution in [1.82, 2.24) is 15.6 Å². The van der Waals surface area contributed by atoms with Crippen molar-refractivity contribution >= 4 is 17.3 Å². The van der Waals surface area contributed by atoms with E-state index < -0.39 is 0 Å². The Morgan fingerprint density at radius 1 is 1.15 bits per heavy atom. The maximum absolute atomic E-state index is 11.0. The lowest BCUT2D eigenvalue weighted by Gasteiger charge is -2.12. The number of aliphatic imine (C=N–C) groups is 1. The smallest absolute Gasteiger partial charge is 0.292 e. The van der Waals surface area contributed by atoms with E-state index in [0.717, 1.165) is 18.7 Å². The number of rotatable bonds is 9. The molecule has 0 spiro atoms. The van der Waals surface area contributed by atoms with Crippen molar-refractivity contribution in [3.63, 3.8) is 0 Å². The summed E-state index contributed by atoms with van der Waals surface area (Å²) in [6.45, 7) is 4.51. The molecule has 8 heteroatoms. The number of pyridine rings is 1. The van der Waals surface area contributed by atoms with E-state index in [4.69, 9.17) is 0 Å². The Bertz CT molecular complexity index is 721. The van der Waals surface area contributed by atoms with Crippen molar-refractivity contribution in [2.75, 3.05) is 31.5 Å². The first-order valence-electron chi connectivity index (χ1n) is 8.60. The zero-order chi connectivity index (χ0) is 18.6. The predicted molar refractivity (Wildman–Crippen MR) is 104 cm³/mol. The summed E-state index contributed by atoms with van der Waals surface area (Å²) in [5.74, 6) is 0.716. The number of hydrogen-bond acceptors (Lipinski definition) is 5. The fourth-order valence-electron chi connectivity index (χ4n) is 2.33. The summed E-state index contributed by atoms with van der Waals surface area (Å²) < 4.78 is 0. The molecule has 26 heavy (non-hydrogen) atoms. The second kappa shape index (κ2) is 10.7. The molecule has 0 unspecified atom stereocenters. The molecule has 0 atom stereocenters. The van der Waals surface area contributed by atoms with Gasteiger partial charge < -0.3 is 16.0 Å². The third-order valence-corrected chi connectivity index (χ3v) is 3.54. The molecule has 8 nitrogen and oxygen atoms in total. The highest BCUT2D eigenvalue weighted by atomic mass is 16.6. The van der Waals surface area contributed by atoms with E-state index in [-0.39, 0.29) is 10.6 Å². The van der Waals surface area contributed by atoms with Gasteiger partial charge in [-0.05, 0) is 25.1 Å². The van der Waals surface area contributed by atoms with Gasteiger partial charge in [-0.25, -0.2) is 0 Å². The Labute approximate surface area is 152 Å². The largest absolute Gasteiger partial charge is 0.378 e. The Hall–Kier alpha value is -3.16. The molecule has 2 rings (SSSR count).